The first-order valence-electron chi connectivity index (χ1n) is 6.21. The van der Waals surface area contributed by atoms with E-state index in [1.165, 1.54) is 5.69 Å². The molecule has 1 nitrogen and oxygen atoms in total. The summed E-state index contributed by atoms with van der Waals surface area (Å²) in [5.74, 6) is 0. The summed E-state index contributed by atoms with van der Waals surface area (Å²) in [7, 11) is 4.31. The van der Waals surface area contributed by atoms with Crippen molar-refractivity contribution in [2.45, 2.75) is 35.0 Å². The quantitative estimate of drug-likeness (QED) is 0.823. The first kappa shape index (κ1) is 14.0. The third-order valence-corrected chi connectivity index (χ3v) is 14.9. The molecule has 1 aromatic carbocycles. The van der Waals surface area contributed by atoms with Gasteiger partial charge in [-0.05, 0) is 0 Å². The average Bonchev–Trinajstić information content (AvgIpc) is 2.17. The zero-order valence-corrected chi connectivity index (χ0v) is 14.8. The van der Waals surface area contributed by atoms with Crippen LogP contribution in [-0.2, 0) is 0 Å². The van der Waals surface area contributed by atoms with Gasteiger partial charge in [0, 0.05) is 0 Å². The van der Waals surface area contributed by atoms with Gasteiger partial charge in [0.2, 0.25) is 0 Å². The normalized spacial score (nSPS) is 11.0. The fourth-order valence-electron chi connectivity index (χ4n) is 2.66. The van der Waals surface area contributed by atoms with Crippen LogP contribution in [0.2, 0.25) is 7.35 Å². The maximum atomic E-state index is 2.41. The molecule has 0 amide bonds. The van der Waals surface area contributed by atoms with E-state index >= 15 is 0 Å². The van der Waals surface area contributed by atoms with Crippen molar-refractivity contribution in [1.82, 2.24) is 0 Å². The molecule has 0 fully saturated rings. The molecule has 1 aromatic rings. The Kier molecular flexibility index (Phi) is 5.23. The molecule has 16 heavy (non-hydrogen) atoms. The van der Waals surface area contributed by atoms with Crippen LogP contribution in [0.3, 0.4) is 0 Å². The predicted octanol–water partition coefficient (Wildman–Crippen LogP) is 3.27. The van der Waals surface area contributed by atoms with Gasteiger partial charge in [0.1, 0.15) is 0 Å². The van der Waals surface area contributed by atoms with Gasteiger partial charge in [-0.25, -0.2) is 0 Å². The van der Waals surface area contributed by atoms with Crippen LogP contribution in [0.1, 0.15) is 27.7 Å². The van der Waals surface area contributed by atoms with Gasteiger partial charge >= 0.3 is 109 Å². The first-order chi connectivity index (χ1) is 7.45. The second-order valence-corrected chi connectivity index (χ2v) is 17.9. The molecule has 0 unspecified atom stereocenters. The number of nitrogens with zero attached hydrogens (tertiary/aromatic N) is 1. The molecule has 0 radical (unpaired) electrons. The third kappa shape index (κ3) is 3.19. The van der Waals surface area contributed by atoms with E-state index in [9.17, 15) is 0 Å². The van der Waals surface area contributed by atoms with Crippen LogP contribution in [0, 0.1) is 0 Å². The maximum absolute atomic E-state index is 2.41. The summed E-state index contributed by atoms with van der Waals surface area (Å²) < 4.78 is 3.48. The van der Waals surface area contributed by atoms with E-state index < -0.39 is 21.4 Å². The van der Waals surface area contributed by atoms with Gasteiger partial charge in [0.15, 0.2) is 0 Å². The van der Waals surface area contributed by atoms with Crippen LogP contribution in [0.25, 0.3) is 0 Å². The first-order valence-corrected chi connectivity index (χ1v) is 11.7. The van der Waals surface area contributed by atoms with E-state index in [0.717, 1.165) is 7.35 Å². The van der Waals surface area contributed by atoms with E-state index in [0.29, 0.717) is 0 Å². The predicted molar refractivity (Wildman–Crippen MR) is 76.4 cm³/mol. The molecular formula is C14H24InN. The summed E-state index contributed by atoms with van der Waals surface area (Å²) in [6.45, 7) is 9.64. The Balaban J connectivity index is 3.18. The Labute approximate surface area is 108 Å². The van der Waals surface area contributed by atoms with Crippen LogP contribution in [-0.4, -0.2) is 35.5 Å². The van der Waals surface area contributed by atoms with E-state index in [4.69, 9.17) is 0 Å². The Morgan fingerprint density at radius 1 is 0.938 bits per heavy atom. The summed E-state index contributed by atoms with van der Waals surface area (Å²) in [6, 6.07) is 9.00. The summed E-state index contributed by atoms with van der Waals surface area (Å²) in [5, 5.41) is 0. The van der Waals surface area contributed by atoms with Crippen molar-refractivity contribution >= 4 is 30.4 Å². The molecule has 0 N–H and O–H groups in total. The molecule has 0 bridgehead atoms. The summed E-state index contributed by atoms with van der Waals surface area (Å²) in [4.78, 5) is 2.27. The van der Waals surface area contributed by atoms with Gasteiger partial charge in [-0.2, -0.15) is 0 Å². The van der Waals surface area contributed by atoms with Crippen molar-refractivity contribution in [2.75, 3.05) is 19.0 Å². The Morgan fingerprint density at radius 2 is 1.44 bits per heavy atom. The van der Waals surface area contributed by atoms with Crippen LogP contribution in [0.4, 0.5) is 5.69 Å². The number of anilines is 1. The summed E-state index contributed by atoms with van der Waals surface area (Å²) >= 11 is -1.65. The monoisotopic (exact) mass is 321 g/mol. The second kappa shape index (κ2) is 6.00. The summed E-state index contributed by atoms with van der Waals surface area (Å²) in [5.41, 5.74) is 1.45. The number of benzene rings is 1. The molecule has 2 heteroatoms. The van der Waals surface area contributed by atoms with E-state index in [2.05, 4.69) is 71.0 Å². The van der Waals surface area contributed by atoms with E-state index in [-0.39, 0.29) is 0 Å². The third-order valence-electron chi connectivity index (χ3n) is 3.21. The molecule has 0 spiro atoms. The molecule has 1 rings (SSSR count). The molecule has 0 atom stereocenters. The number of hydrogen-bond donors (Lipinski definition) is 0. The molecule has 0 saturated carbocycles. The summed E-state index contributed by atoms with van der Waals surface area (Å²) in [6.07, 6.45) is 0. The van der Waals surface area contributed by atoms with E-state index in [1.54, 1.807) is 3.32 Å². The molecule has 0 heterocycles. The van der Waals surface area contributed by atoms with Gasteiger partial charge in [-0.1, -0.05) is 0 Å². The Hall–Kier alpha value is -0.110. The Morgan fingerprint density at radius 3 is 1.88 bits per heavy atom. The molecule has 0 aliphatic carbocycles. The van der Waals surface area contributed by atoms with Crippen molar-refractivity contribution in [3.05, 3.63) is 24.3 Å². The standard InChI is InChI=1S/C8H10N.2C3H7.In/c1-9(2)8-6-4-3-5-7-8;2*1-3-2;/h3-6H,1-2H3;2*3H,1-2H3;. The number of rotatable bonds is 4. The van der Waals surface area contributed by atoms with Crippen molar-refractivity contribution in [3.63, 3.8) is 0 Å². The molecule has 0 aliphatic heterocycles. The molecular weight excluding hydrogens is 297 g/mol. The fraction of sp³-hybridized carbons (Fsp3) is 0.571. The molecule has 88 valence electrons. The minimum absolute atomic E-state index is 0.892. The van der Waals surface area contributed by atoms with Crippen LogP contribution in [0.5, 0.6) is 0 Å². The van der Waals surface area contributed by atoms with Crippen molar-refractivity contribution < 1.29 is 0 Å². The van der Waals surface area contributed by atoms with Crippen LogP contribution >= 0.6 is 0 Å². The SMILES string of the molecule is C[CH](C)[In]([c]1ccccc1N(C)C)[CH](C)C. The van der Waals surface area contributed by atoms with Gasteiger partial charge in [-0.15, -0.1) is 0 Å². The van der Waals surface area contributed by atoms with Gasteiger partial charge in [-0.3, -0.25) is 0 Å². The van der Waals surface area contributed by atoms with Crippen molar-refractivity contribution in [1.29, 1.82) is 0 Å². The van der Waals surface area contributed by atoms with Gasteiger partial charge in [0.05, 0.1) is 0 Å². The Bertz CT molecular complexity index is 323. The van der Waals surface area contributed by atoms with Gasteiger partial charge in [0.25, 0.3) is 0 Å². The van der Waals surface area contributed by atoms with Crippen LogP contribution < -0.4 is 8.22 Å². The number of hydrogen-bond acceptors (Lipinski definition) is 1. The van der Waals surface area contributed by atoms with Crippen molar-refractivity contribution in [2.24, 2.45) is 0 Å². The van der Waals surface area contributed by atoms with Gasteiger partial charge < -0.3 is 0 Å². The second-order valence-electron chi connectivity index (χ2n) is 5.47. The van der Waals surface area contributed by atoms with Crippen molar-refractivity contribution in [3.8, 4) is 0 Å². The minimum atomic E-state index is -1.65. The zero-order valence-electron chi connectivity index (χ0n) is 11.5. The average molecular weight is 321 g/mol. The zero-order chi connectivity index (χ0) is 12.3. The fourth-order valence-corrected chi connectivity index (χ4v) is 14.1. The molecule has 0 aromatic heterocycles. The number of para-hydroxylation sites is 1. The topological polar surface area (TPSA) is 3.24 Å². The molecule has 0 aliphatic rings. The van der Waals surface area contributed by atoms with Crippen LogP contribution in [0.15, 0.2) is 24.3 Å². The van der Waals surface area contributed by atoms with E-state index in [1.807, 2.05) is 0 Å². The molecule has 0 saturated heterocycles.